The molecule has 0 fully saturated rings. The lowest BCUT2D eigenvalue weighted by molar-refractivity contribution is 0.948. The first-order chi connectivity index (χ1) is 10.3. The Kier molecular flexibility index (Phi) is 4.21. The fourth-order valence-electron chi connectivity index (χ4n) is 2.60. The molecule has 1 unspecified atom stereocenters. The van der Waals surface area contributed by atoms with Crippen molar-refractivity contribution in [3.63, 3.8) is 0 Å². The van der Waals surface area contributed by atoms with Crippen molar-refractivity contribution in [1.82, 2.24) is 0 Å². The first-order valence-corrected chi connectivity index (χ1v) is 8.38. The molecule has 0 nitrogen and oxygen atoms in total. The zero-order valence-corrected chi connectivity index (χ0v) is 13.4. The van der Waals surface area contributed by atoms with Crippen LogP contribution in [0.15, 0.2) is 66.0 Å². The average Bonchev–Trinajstić information content (AvgIpc) is 3.09. The monoisotopic (exact) mass is 292 g/mol. The van der Waals surface area contributed by atoms with Crippen LogP contribution in [0.25, 0.3) is 11.1 Å². The van der Waals surface area contributed by atoms with E-state index >= 15 is 0 Å². The van der Waals surface area contributed by atoms with Crippen LogP contribution in [0.1, 0.15) is 35.8 Å². The third-order valence-corrected chi connectivity index (χ3v) is 5.13. The zero-order valence-electron chi connectivity index (χ0n) is 12.5. The Bertz CT molecular complexity index is 676. The lowest BCUT2D eigenvalue weighted by atomic mass is 9.96. The van der Waals surface area contributed by atoms with E-state index in [9.17, 15) is 0 Å². The van der Waals surface area contributed by atoms with Crippen molar-refractivity contribution in [2.24, 2.45) is 0 Å². The van der Waals surface area contributed by atoms with E-state index in [2.05, 4.69) is 79.9 Å². The minimum Gasteiger partial charge on any atom is -0.148 e. The van der Waals surface area contributed by atoms with E-state index in [-0.39, 0.29) is 0 Å². The quantitative estimate of drug-likeness (QED) is 0.542. The molecule has 0 aliphatic heterocycles. The smallest absolute Gasteiger partial charge is 0.0155 e. The maximum atomic E-state index is 2.27. The highest BCUT2D eigenvalue weighted by atomic mass is 32.1. The van der Waals surface area contributed by atoms with Crippen LogP contribution in [-0.2, 0) is 6.42 Å². The summed E-state index contributed by atoms with van der Waals surface area (Å²) in [7, 11) is 0. The van der Waals surface area contributed by atoms with Gasteiger partial charge in [0, 0.05) is 10.8 Å². The van der Waals surface area contributed by atoms with E-state index < -0.39 is 0 Å². The molecule has 0 saturated heterocycles. The van der Waals surface area contributed by atoms with Crippen molar-refractivity contribution >= 4 is 11.3 Å². The number of aryl methyl sites for hydroxylation is 1. The zero-order chi connectivity index (χ0) is 14.7. The van der Waals surface area contributed by atoms with Gasteiger partial charge in [-0.3, -0.25) is 0 Å². The summed E-state index contributed by atoms with van der Waals surface area (Å²) in [6.07, 6.45) is 1.09. The SMILES string of the molecule is CCc1ccc(-c2ccc(C(C)c3cccs3)cc2)cc1. The molecule has 0 bridgehead atoms. The van der Waals surface area contributed by atoms with Crippen molar-refractivity contribution in [1.29, 1.82) is 0 Å². The summed E-state index contributed by atoms with van der Waals surface area (Å²) in [6, 6.07) is 22.2. The second-order valence-electron chi connectivity index (χ2n) is 5.41. The van der Waals surface area contributed by atoms with Gasteiger partial charge >= 0.3 is 0 Å². The van der Waals surface area contributed by atoms with E-state index in [1.165, 1.54) is 27.1 Å². The molecule has 0 aliphatic carbocycles. The second-order valence-corrected chi connectivity index (χ2v) is 6.39. The normalized spacial score (nSPS) is 12.3. The molecule has 1 heterocycles. The maximum Gasteiger partial charge on any atom is 0.0155 e. The van der Waals surface area contributed by atoms with Gasteiger partial charge in [0.1, 0.15) is 0 Å². The van der Waals surface area contributed by atoms with Gasteiger partial charge in [-0.1, -0.05) is 68.4 Å². The van der Waals surface area contributed by atoms with Crippen LogP contribution in [0.3, 0.4) is 0 Å². The topological polar surface area (TPSA) is 0 Å². The van der Waals surface area contributed by atoms with Crippen molar-refractivity contribution in [2.45, 2.75) is 26.2 Å². The molecule has 2 aromatic carbocycles. The minimum atomic E-state index is 0.474. The summed E-state index contributed by atoms with van der Waals surface area (Å²) >= 11 is 1.83. The van der Waals surface area contributed by atoms with Gasteiger partial charge in [-0.2, -0.15) is 0 Å². The van der Waals surface area contributed by atoms with Crippen LogP contribution < -0.4 is 0 Å². The fraction of sp³-hybridized carbons (Fsp3) is 0.200. The van der Waals surface area contributed by atoms with Gasteiger partial charge in [0.05, 0.1) is 0 Å². The van der Waals surface area contributed by atoms with Gasteiger partial charge in [0.25, 0.3) is 0 Å². The molecule has 0 radical (unpaired) electrons. The van der Waals surface area contributed by atoms with E-state index in [1.807, 2.05) is 11.3 Å². The predicted molar refractivity (Wildman–Crippen MR) is 93.1 cm³/mol. The molecule has 1 aromatic heterocycles. The van der Waals surface area contributed by atoms with Crippen molar-refractivity contribution in [3.05, 3.63) is 82.0 Å². The summed E-state index contributed by atoms with van der Waals surface area (Å²) < 4.78 is 0. The Balaban J connectivity index is 1.83. The Hall–Kier alpha value is -1.86. The minimum absolute atomic E-state index is 0.474. The molecule has 106 valence electrons. The standard InChI is InChI=1S/C20H20S/c1-3-16-6-8-18(9-7-16)19-12-10-17(11-13-19)15(2)20-5-4-14-21-20/h4-15H,3H2,1-2H3. The molecule has 0 amide bonds. The van der Waals surface area contributed by atoms with Gasteiger partial charge in [-0.15, -0.1) is 11.3 Å². The first-order valence-electron chi connectivity index (χ1n) is 7.50. The third-order valence-electron chi connectivity index (χ3n) is 4.08. The largest absolute Gasteiger partial charge is 0.148 e. The Morgan fingerprint density at radius 2 is 1.48 bits per heavy atom. The molecular formula is C20H20S. The molecule has 1 heteroatoms. The van der Waals surface area contributed by atoms with Crippen LogP contribution in [0.4, 0.5) is 0 Å². The molecule has 0 N–H and O–H groups in total. The summed E-state index contributed by atoms with van der Waals surface area (Å²) in [5.74, 6) is 0.474. The predicted octanol–water partition coefficient (Wildman–Crippen LogP) is 6.13. The van der Waals surface area contributed by atoms with E-state index in [4.69, 9.17) is 0 Å². The Labute approximate surface area is 131 Å². The van der Waals surface area contributed by atoms with Gasteiger partial charge in [0.15, 0.2) is 0 Å². The first kappa shape index (κ1) is 14.1. The molecule has 21 heavy (non-hydrogen) atoms. The van der Waals surface area contributed by atoms with Gasteiger partial charge in [-0.25, -0.2) is 0 Å². The van der Waals surface area contributed by atoms with Gasteiger partial charge in [0.2, 0.25) is 0 Å². The summed E-state index contributed by atoms with van der Waals surface area (Å²) in [6.45, 7) is 4.46. The van der Waals surface area contributed by atoms with E-state index in [1.54, 1.807) is 0 Å². The van der Waals surface area contributed by atoms with Gasteiger partial charge in [-0.05, 0) is 40.1 Å². The third kappa shape index (κ3) is 3.08. The number of benzene rings is 2. The van der Waals surface area contributed by atoms with Crippen LogP contribution in [0.2, 0.25) is 0 Å². The van der Waals surface area contributed by atoms with Crippen LogP contribution in [0, 0.1) is 0 Å². The summed E-state index contributed by atoms with van der Waals surface area (Å²) in [5.41, 5.74) is 5.36. The molecule has 0 aliphatic rings. The average molecular weight is 292 g/mol. The number of rotatable bonds is 4. The fourth-order valence-corrected chi connectivity index (χ4v) is 3.41. The second kappa shape index (κ2) is 6.28. The number of hydrogen-bond donors (Lipinski definition) is 0. The lowest BCUT2D eigenvalue weighted by Crippen LogP contribution is -1.92. The molecule has 0 spiro atoms. The highest BCUT2D eigenvalue weighted by molar-refractivity contribution is 7.10. The molecule has 3 rings (SSSR count). The van der Waals surface area contributed by atoms with Crippen LogP contribution >= 0.6 is 11.3 Å². The van der Waals surface area contributed by atoms with Crippen LogP contribution in [0.5, 0.6) is 0 Å². The molecule has 0 saturated carbocycles. The molecule has 3 aromatic rings. The van der Waals surface area contributed by atoms with Crippen LogP contribution in [-0.4, -0.2) is 0 Å². The highest BCUT2D eigenvalue weighted by Gasteiger charge is 2.09. The van der Waals surface area contributed by atoms with Gasteiger partial charge < -0.3 is 0 Å². The Morgan fingerprint density at radius 3 is 2.00 bits per heavy atom. The Morgan fingerprint density at radius 1 is 0.857 bits per heavy atom. The van der Waals surface area contributed by atoms with Crippen molar-refractivity contribution in [3.8, 4) is 11.1 Å². The lowest BCUT2D eigenvalue weighted by Gasteiger charge is -2.11. The summed E-state index contributed by atoms with van der Waals surface area (Å²) in [4.78, 5) is 1.43. The van der Waals surface area contributed by atoms with Crippen molar-refractivity contribution < 1.29 is 0 Å². The van der Waals surface area contributed by atoms with Crippen molar-refractivity contribution in [2.75, 3.05) is 0 Å². The maximum absolute atomic E-state index is 2.27. The van der Waals surface area contributed by atoms with E-state index in [0.717, 1.165) is 6.42 Å². The highest BCUT2D eigenvalue weighted by Crippen LogP contribution is 2.29. The van der Waals surface area contributed by atoms with E-state index in [0.29, 0.717) is 5.92 Å². The summed E-state index contributed by atoms with van der Waals surface area (Å²) in [5, 5.41) is 2.15. The molecular weight excluding hydrogens is 272 g/mol. The number of hydrogen-bond acceptors (Lipinski definition) is 1. The molecule has 1 atom stereocenters. The number of thiophene rings is 1.